The van der Waals surface area contributed by atoms with Crippen LogP contribution < -0.4 is 0 Å². The quantitative estimate of drug-likeness (QED) is 0.852. The molecule has 3 heteroatoms. The minimum Gasteiger partial charge on any atom is -0.387 e. The van der Waals surface area contributed by atoms with E-state index in [1.165, 1.54) is 11.1 Å². The van der Waals surface area contributed by atoms with Crippen molar-refractivity contribution >= 4 is 5.78 Å². The highest BCUT2D eigenvalue weighted by Crippen LogP contribution is 2.63. The van der Waals surface area contributed by atoms with Crippen molar-refractivity contribution in [2.24, 2.45) is 17.3 Å². The van der Waals surface area contributed by atoms with Gasteiger partial charge in [-0.15, -0.1) is 0 Å². The number of fused-ring (bicyclic) bond motifs is 4. The maximum absolute atomic E-state index is 11.8. The van der Waals surface area contributed by atoms with E-state index >= 15 is 0 Å². The van der Waals surface area contributed by atoms with Crippen molar-refractivity contribution in [2.75, 3.05) is 13.2 Å². The largest absolute Gasteiger partial charge is 0.387 e. The SMILES string of the molecule is CCOC[C@]1(O)CC[C@H]2[C@@H]3CCC4=CC(=O)CCC4=C3CC[C@@]21C. The third-order valence-corrected chi connectivity index (χ3v) is 7.60. The molecule has 0 aromatic rings. The van der Waals surface area contributed by atoms with Gasteiger partial charge < -0.3 is 9.84 Å². The van der Waals surface area contributed by atoms with Crippen molar-refractivity contribution in [3.8, 4) is 0 Å². The Morgan fingerprint density at radius 3 is 2.83 bits per heavy atom. The molecule has 0 spiro atoms. The molecule has 2 fully saturated rings. The van der Waals surface area contributed by atoms with Crippen LogP contribution >= 0.6 is 0 Å². The lowest BCUT2D eigenvalue weighted by atomic mass is 9.55. The first-order valence-electron chi connectivity index (χ1n) is 9.74. The van der Waals surface area contributed by atoms with Crippen LogP contribution in [0.4, 0.5) is 0 Å². The summed E-state index contributed by atoms with van der Waals surface area (Å²) in [4.78, 5) is 11.8. The average Bonchev–Trinajstić information content (AvgIpc) is 2.84. The molecule has 0 aromatic heterocycles. The van der Waals surface area contributed by atoms with Gasteiger partial charge in [0.1, 0.15) is 0 Å². The van der Waals surface area contributed by atoms with Gasteiger partial charge in [0.05, 0.1) is 12.2 Å². The molecule has 0 saturated heterocycles. The van der Waals surface area contributed by atoms with Gasteiger partial charge in [-0.2, -0.15) is 0 Å². The van der Waals surface area contributed by atoms with Gasteiger partial charge in [-0.25, -0.2) is 0 Å². The molecule has 132 valence electrons. The molecule has 4 rings (SSSR count). The number of ketones is 1. The second kappa shape index (κ2) is 5.81. The Bertz CT molecular complexity index is 617. The van der Waals surface area contributed by atoms with Crippen LogP contribution in [-0.4, -0.2) is 29.7 Å². The van der Waals surface area contributed by atoms with E-state index in [0.29, 0.717) is 37.3 Å². The topological polar surface area (TPSA) is 46.5 Å². The van der Waals surface area contributed by atoms with Crippen molar-refractivity contribution < 1.29 is 14.6 Å². The van der Waals surface area contributed by atoms with Crippen molar-refractivity contribution in [1.29, 1.82) is 0 Å². The molecule has 0 unspecified atom stereocenters. The summed E-state index contributed by atoms with van der Waals surface area (Å²) in [7, 11) is 0. The minimum absolute atomic E-state index is 0.0252. The van der Waals surface area contributed by atoms with E-state index in [1.54, 1.807) is 5.57 Å². The van der Waals surface area contributed by atoms with Crippen molar-refractivity contribution in [3.05, 3.63) is 22.8 Å². The summed E-state index contributed by atoms with van der Waals surface area (Å²) in [5.74, 6) is 1.48. The highest BCUT2D eigenvalue weighted by Gasteiger charge is 2.60. The standard InChI is InChI=1S/C21H30O3/c1-3-24-13-21(23)11-9-19-18-6-4-14-12-15(22)5-7-16(14)17(18)8-10-20(19,21)2/h12,18-19,23H,3-11,13H2,1-2H3/t18-,19+,20+,21-/m1/s1. The lowest BCUT2D eigenvalue weighted by Crippen LogP contribution is -2.52. The first-order chi connectivity index (χ1) is 11.5. The van der Waals surface area contributed by atoms with Gasteiger partial charge in [-0.1, -0.05) is 12.5 Å². The zero-order valence-corrected chi connectivity index (χ0v) is 15.1. The molecule has 2 saturated carbocycles. The third kappa shape index (κ3) is 2.28. The molecule has 4 aliphatic carbocycles. The fourth-order valence-corrected chi connectivity index (χ4v) is 6.15. The van der Waals surface area contributed by atoms with Gasteiger partial charge in [-0.05, 0) is 80.9 Å². The van der Waals surface area contributed by atoms with Crippen molar-refractivity contribution in [2.45, 2.75) is 70.8 Å². The highest BCUT2D eigenvalue weighted by molar-refractivity contribution is 5.93. The maximum atomic E-state index is 11.8. The van der Waals surface area contributed by atoms with Crippen LogP contribution in [0.5, 0.6) is 0 Å². The van der Waals surface area contributed by atoms with Gasteiger partial charge in [0, 0.05) is 18.4 Å². The third-order valence-electron chi connectivity index (χ3n) is 7.60. The highest BCUT2D eigenvalue weighted by atomic mass is 16.5. The molecule has 4 atom stereocenters. The van der Waals surface area contributed by atoms with Gasteiger partial charge in [-0.3, -0.25) is 4.79 Å². The zero-order chi connectivity index (χ0) is 16.9. The number of carbonyl (C=O) groups is 1. The molecule has 0 heterocycles. The minimum atomic E-state index is -0.664. The summed E-state index contributed by atoms with van der Waals surface area (Å²) < 4.78 is 5.66. The van der Waals surface area contributed by atoms with Crippen molar-refractivity contribution in [3.63, 3.8) is 0 Å². The van der Waals surface area contributed by atoms with Crippen LogP contribution in [0.2, 0.25) is 0 Å². The lowest BCUT2D eigenvalue weighted by molar-refractivity contribution is -0.131. The first-order valence-corrected chi connectivity index (χ1v) is 9.74. The molecule has 0 amide bonds. The molecule has 0 radical (unpaired) electrons. The number of carbonyl (C=O) groups excluding carboxylic acids is 1. The predicted octanol–water partition coefficient (Wildman–Crippen LogP) is 3.96. The maximum Gasteiger partial charge on any atom is 0.156 e. The van der Waals surface area contributed by atoms with Crippen molar-refractivity contribution in [1.82, 2.24) is 0 Å². The van der Waals surface area contributed by atoms with Crippen LogP contribution in [-0.2, 0) is 9.53 Å². The van der Waals surface area contributed by atoms with Gasteiger partial charge in [0.15, 0.2) is 5.78 Å². The summed E-state index contributed by atoms with van der Waals surface area (Å²) in [5.41, 5.74) is 3.77. The number of aliphatic hydroxyl groups is 1. The Labute approximate surface area is 145 Å². The fraction of sp³-hybridized carbons (Fsp3) is 0.762. The number of hydrogen-bond donors (Lipinski definition) is 1. The molecule has 3 nitrogen and oxygen atoms in total. The molecular weight excluding hydrogens is 300 g/mol. The fourth-order valence-electron chi connectivity index (χ4n) is 6.15. The van der Waals surface area contributed by atoms with Gasteiger partial charge >= 0.3 is 0 Å². The normalized spacial score (nSPS) is 41.6. The van der Waals surface area contributed by atoms with E-state index in [1.807, 2.05) is 13.0 Å². The Hall–Kier alpha value is -0.930. The van der Waals surface area contributed by atoms with Crippen LogP contribution in [0.25, 0.3) is 0 Å². The number of rotatable bonds is 3. The van der Waals surface area contributed by atoms with E-state index in [4.69, 9.17) is 4.74 Å². The second-order valence-electron chi connectivity index (χ2n) is 8.52. The van der Waals surface area contributed by atoms with Gasteiger partial charge in [0.2, 0.25) is 0 Å². The van der Waals surface area contributed by atoms with E-state index in [0.717, 1.165) is 44.9 Å². The summed E-state index contributed by atoms with van der Waals surface area (Å²) in [5, 5.41) is 11.3. The summed E-state index contributed by atoms with van der Waals surface area (Å²) in [6.45, 7) is 5.46. The molecule has 24 heavy (non-hydrogen) atoms. The van der Waals surface area contributed by atoms with E-state index in [9.17, 15) is 9.90 Å². The van der Waals surface area contributed by atoms with Crippen LogP contribution in [0.1, 0.15) is 65.2 Å². The Morgan fingerprint density at radius 2 is 2.04 bits per heavy atom. The van der Waals surface area contributed by atoms with E-state index in [2.05, 4.69) is 6.92 Å². The molecule has 1 N–H and O–H groups in total. The summed E-state index contributed by atoms with van der Waals surface area (Å²) in [6.07, 6.45) is 9.87. The smallest absolute Gasteiger partial charge is 0.156 e. The van der Waals surface area contributed by atoms with Gasteiger partial charge in [0.25, 0.3) is 0 Å². The Morgan fingerprint density at radius 1 is 1.21 bits per heavy atom. The van der Waals surface area contributed by atoms with Crippen LogP contribution in [0, 0.1) is 17.3 Å². The molecular formula is C21H30O3. The van der Waals surface area contributed by atoms with Crippen LogP contribution in [0.15, 0.2) is 22.8 Å². The van der Waals surface area contributed by atoms with Crippen LogP contribution in [0.3, 0.4) is 0 Å². The second-order valence-corrected chi connectivity index (χ2v) is 8.52. The zero-order valence-electron chi connectivity index (χ0n) is 15.1. The molecule has 0 bridgehead atoms. The number of ether oxygens (including phenoxy) is 1. The number of allylic oxidation sites excluding steroid dienone is 4. The van der Waals surface area contributed by atoms with E-state index < -0.39 is 5.60 Å². The summed E-state index contributed by atoms with van der Waals surface area (Å²) >= 11 is 0. The van der Waals surface area contributed by atoms with E-state index in [-0.39, 0.29) is 5.41 Å². The molecule has 4 aliphatic rings. The Kier molecular flexibility index (Phi) is 4.00. The lowest BCUT2D eigenvalue weighted by Gasteiger charge is -2.51. The first kappa shape index (κ1) is 16.5. The molecule has 0 aliphatic heterocycles. The molecule has 0 aromatic carbocycles. The number of hydrogen-bond acceptors (Lipinski definition) is 3. The summed E-state index contributed by atoms with van der Waals surface area (Å²) in [6, 6.07) is 0. The average molecular weight is 330 g/mol. The predicted molar refractivity (Wildman–Crippen MR) is 93.6 cm³/mol. The Balaban J connectivity index is 1.66. The monoisotopic (exact) mass is 330 g/mol.